The lowest BCUT2D eigenvalue weighted by atomic mass is 10.1. The van der Waals surface area contributed by atoms with Crippen LogP contribution in [0.2, 0.25) is 0 Å². The van der Waals surface area contributed by atoms with E-state index in [1.165, 1.54) is 0 Å². The van der Waals surface area contributed by atoms with Crippen molar-refractivity contribution in [2.45, 2.75) is 12.5 Å². The quantitative estimate of drug-likeness (QED) is 0.626. The lowest BCUT2D eigenvalue weighted by molar-refractivity contribution is 0.0972. The first-order valence-electron chi connectivity index (χ1n) is 3.81. The average Bonchev–Trinajstić information content (AvgIpc) is 2.44. The van der Waals surface area contributed by atoms with Gasteiger partial charge in [-0.25, -0.2) is 5.53 Å². The summed E-state index contributed by atoms with van der Waals surface area (Å²) in [7, 11) is 0. The number of ketones is 1. The summed E-state index contributed by atoms with van der Waals surface area (Å²) in [6.07, 6.45) is 0.596. The van der Waals surface area contributed by atoms with E-state index in [0.717, 1.165) is 11.1 Å². The summed E-state index contributed by atoms with van der Waals surface area (Å²) in [4.78, 5) is 11.4. The predicted octanol–water partition coefficient (Wildman–Crippen LogP) is 1.82. The Hall–Kier alpha value is -1.51. The minimum absolute atomic E-state index is 0.0133. The van der Waals surface area contributed by atoms with Crippen LogP contribution in [0.4, 0.5) is 0 Å². The molecule has 0 radical (unpaired) electrons. The molecule has 1 aliphatic carbocycles. The summed E-state index contributed by atoms with van der Waals surface area (Å²) in [5.74, 6) is -0.0133. The topological polar surface area (TPSA) is 53.3 Å². The van der Waals surface area contributed by atoms with Gasteiger partial charge < -0.3 is 0 Å². The van der Waals surface area contributed by atoms with Crippen molar-refractivity contribution in [3.05, 3.63) is 35.4 Å². The van der Waals surface area contributed by atoms with Crippen LogP contribution in [0.3, 0.4) is 0 Å². The Morgan fingerprint density at radius 3 is 2.83 bits per heavy atom. The van der Waals surface area contributed by atoms with Crippen LogP contribution in [0.25, 0.3) is 0 Å². The van der Waals surface area contributed by atoms with Gasteiger partial charge in [-0.3, -0.25) is 4.79 Å². The first-order chi connectivity index (χ1) is 5.83. The number of hydrogen-bond donors (Lipinski definition) is 1. The Labute approximate surface area is 69.9 Å². The predicted molar refractivity (Wildman–Crippen MR) is 43.4 cm³/mol. The highest BCUT2D eigenvalue weighted by Gasteiger charge is 2.29. The number of benzene rings is 1. The van der Waals surface area contributed by atoms with Crippen LogP contribution in [0.15, 0.2) is 29.4 Å². The highest BCUT2D eigenvalue weighted by molar-refractivity contribution is 6.04. The van der Waals surface area contributed by atoms with E-state index < -0.39 is 6.04 Å². The Balaban J connectivity index is 2.49. The molecule has 12 heavy (non-hydrogen) atoms. The number of fused-ring (bicyclic) bond motifs is 1. The fourth-order valence-electron chi connectivity index (χ4n) is 1.52. The third kappa shape index (κ3) is 0.863. The molecule has 2 rings (SSSR count). The maximum Gasteiger partial charge on any atom is 0.189 e. The Bertz CT molecular complexity index is 346. The highest BCUT2D eigenvalue weighted by atomic mass is 16.1. The molecule has 3 heteroatoms. The second-order valence-corrected chi connectivity index (χ2v) is 2.87. The third-order valence-electron chi connectivity index (χ3n) is 2.15. The van der Waals surface area contributed by atoms with Gasteiger partial charge in [-0.05, 0) is 5.56 Å². The number of carbonyl (C=O) groups excluding carboxylic acids is 1. The molecule has 3 nitrogen and oxygen atoms in total. The van der Waals surface area contributed by atoms with Gasteiger partial charge in [0.1, 0.15) is 6.04 Å². The van der Waals surface area contributed by atoms with Crippen LogP contribution in [0.1, 0.15) is 15.9 Å². The largest absolute Gasteiger partial charge is 0.292 e. The molecule has 60 valence electrons. The highest BCUT2D eigenvalue weighted by Crippen LogP contribution is 2.23. The van der Waals surface area contributed by atoms with Crippen LogP contribution >= 0.6 is 0 Å². The summed E-state index contributed by atoms with van der Waals surface area (Å²) >= 11 is 0. The molecule has 1 atom stereocenters. The second kappa shape index (κ2) is 2.52. The van der Waals surface area contributed by atoms with Gasteiger partial charge >= 0.3 is 0 Å². The smallest absolute Gasteiger partial charge is 0.189 e. The molecule has 1 aromatic carbocycles. The molecule has 1 N–H and O–H groups in total. The molecule has 0 aromatic heterocycles. The summed E-state index contributed by atoms with van der Waals surface area (Å²) < 4.78 is 0. The van der Waals surface area contributed by atoms with E-state index in [0.29, 0.717) is 6.42 Å². The van der Waals surface area contributed by atoms with Crippen LogP contribution < -0.4 is 0 Å². The summed E-state index contributed by atoms with van der Waals surface area (Å²) in [5, 5.41) is 3.28. The Kier molecular flexibility index (Phi) is 1.50. The van der Waals surface area contributed by atoms with Gasteiger partial charge in [0.2, 0.25) is 0 Å². The minimum atomic E-state index is -0.456. The van der Waals surface area contributed by atoms with E-state index in [2.05, 4.69) is 5.11 Å². The monoisotopic (exact) mass is 160 g/mol. The first kappa shape index (κ1) is 7.16. The SMILES string of the molecule is N=NC1Cc2ccccc2C1=O. The standard InChI is InChI=1S/C9H8N2O/c10-11-8-5-6-3-1-2-4-7(6)9(8)12/h1-4,8,10H,5H2. The fraction of sp³-hybridized carbons (Fsp3) is 0.222. The number of rotatable bonds is 1. The molecule has 0 amide bonds. The van der Waals surface area contributed by atoms with Gasteiger partial charge in [0.05, 0.1) is 0 Å². The first-order valence-corrected chi connectivity index (χ1v) is 3.81. The van der Waals surface area contributed by atoms with Crippen molar-refractivity contribution in [1.82, 2.24) is 0 Å². The summed E-state index contributed by atoms with van der Waals surface area (Å²) in [6.45, 7) is 0. The molecule has 0 heterocycles. The molecule has 0 saturated heterocycles. The third-order valence-corrected chi connectivity index (χ3v) is 2.15. The van der Waals surface area contributed by atoms with Crippen molar-refractivity contribution in [1.29, 1.82) is 5.53 Å². The zero-order valence-corrected chi connectivity index (χ0v) is 6.45. The lowest BCUT2D eigenvalue weighted by Crippen LogP contribution is -2.11. The molecule has 0 bridgehead atoms. The number of Topliss-reactive ketones (excluding diaryl/α,β-unsaturated/α-hetero) is 1. The molecular formula is C9H8N2O. The van der Waals surface area contributed by atoms with Crippen molar-refractivity contribution in [3.8, 4) is 0 Å². The van der Waals surface area contributed by atoms with E-state index in [1.807, 2.05) is 18.2 Å². The Morgan fingerprint density at radius 2 is 2.17 bits per heavy atom. The molecule has 1 aliphatic rings. The number of carbonyl (C=O) groups is 1. The van der Waals surface area contributed by atoms with E-state index in [9.17, 15) is 4.79 Å². The van der Waals surface area contributed by atoms with Crippen LogP contribution in [0, 0.1) is 5.53 Å². The van der Waals surface area contributed by atoms with Crippen molar-refractivity contribution in [3.63, 3.8) is 0 Å². The summed E-state index contributed by atoms with van der Waals surface area (Å²) in [6, 6.07) is 6.99. The van der Waals surface area contributed by atoms with Gasteiger partial charge in [0.25, 0.3) is 0 Å². The number of hydrogen-bond acceptors (Lipinski definition) is 3. The van der Waals surface area contributed by atoms with Gasteiger partial charge in [-0.1, -0.05) is 24.3 Å². The summed E-state index contributed by atoms with van der Waals surface area (Å²) in [5.41, 5.74) is 8.56. The normalized spacial score (nSPS) is 20.7. The maximum absolute atomic E-state index is 11.4. The minimum Gasteiger partial charge on any atom is -0.292 e. The van der Waals surface area contributed by atoms with E-state index in [1.54, 1.807) is 6.07 Å². The van der Waals surface area contributed by atoms with E-state index in [-0.39, 0.29) is 5.78 Å². The molecule has 0 aliphatic heterocycles. The molecule has 0 saturated carbocycles. The fourth-order valence-corrected chi connectivity index (χ4v) is 1.52. The van der Waals surface area contributed by atoms with Gasteiger partial charge in [-0.15, -0.1) is 0 Å². The number of nitrogens with one attached hydrogen (secondary N) is 1. The average molecular weight is 160 g/mol. The van der Waals surface area contributed by atoms with Gasteiger partial charge in [0, 0.05) is 12.0 Å². The maximum atomic E-state index is 11.4. The molecule has 1 unspecified atom stereocenters. The molecule has 0 spiro atoms. The van der Waals surface area contributed by atoms with E-state index >= 15 is 0 Å². The van der Waals surface area contributed by atoms with Crippen molar-refractivity contribution in [2.24, 2.45) is 5.11 Å². The van der Waals surface area contributed by atoms with Gasteiger partial charge in [0.15, 0.2) is 5.78 Å². The Morgan fingerprint density at radius 1 is 1.42 bits per heavy atom. The van der Waals surface area contributed by atoms with Crippen LogP contribution in [-0.4, -0.2) is 11.8 Å². The molecule has 1 aromatic rings. The van der Waals surface area contributed by atoms with E-state index in [4.69, 9.17) is 5.53 Å². The second-order valence-electron chi connectivity index (χ2n) is 2.87. The number of nitrogens with zero attached hydrogens (tertiary/aromatic N) is 1. The molecular weight excluding hydrogens is 152 g/mol. The van der Waals surface area contributed by atoms with Crippen molar-refractivity contribution >= 4 is 5.78 Å². The van der Waals surface area contributed by atoms with Crippen LogP contribution in [-0.2, 0) is 6.42 Å². The zero-order chi connectivity index (χ0) is 8.55. The van der Waals surface area contributed by atoms with Crippen molar-refractivity contribution < 1.29 is 4.79 Å². The van der Waals surface area contributed by atoms with Crippen molar-refractivity contribution in [2.75, 3.05) is 0 Å². The van der Waals surface area contributed by atoms with Crippen LogP contribution in [0.5, 0.6) is 0 Å². The zero-order valence-electron chi connectivity index (χ0n) is 6.45. The van der Waals surface area contributed by atoms with Gasteiger partial charge in [-0.2, -0.15) is 5.11 Å². The lowest BCUT2D eigenvalue weighted by Gasteiger charge is -1.93. The molecule has 0 fully saturated rings.